The van der Waals surface area contributed by atoms with Crippen LogP contribution in [0.4, 0.5) is 4.79 Å². The first-order valence-electron chi connectivity index (χ1n) is 7.26. The molecular weight excluding hydrogens is 286 g/mol. The van der Waals surface area contributed by atoms with Gasteiger partial charge in [0.2, 0.25) is 5.91 Å². The highest BCUT2D eigenvalue weighted by molar-refractivity contribution is 5.84. The molecule has 1 saturated heterocycles. The lowest BCUT2D eigenvalue weighted by Crippen LogP contribution is -2.48. The number of hydrogen-bond donors (Lipinski definition) is 3. The molecule has 1 aromatic carbocycles. The Labute approximate surface area is 129 Å². The highest BCUT2D eigenvalue weighted by Crippen LogP contribution is 2.11. The maximum atomic E-state index is 11.9. The zero-order valence-corrected chi connectivity index (χ0v) is 12.3. The minimum absolute atomic E-state index is 0.0707. The molecule has 1 heterocycles. The Morgan fingerprint density at radius 2 is 1.91 bits per heavy atom. The van der Waals surface area contributed by atoms with Crippen molar-refractivity contribution in [2.24, 2.45) is 0 Å². The SMILES string of the molecule is O=C(NCC(=O)N1CCOCC1)N[C@H](CO)c1ccccc1. The van der Waals surface area contributed by atoms with Gasteiger partial charge in [-0.2, -0.15) is 0 Å². The van der Waals surface area contributed by atoms with Gasteiger partial charge < -0.3 is 25.4 Å². The standard InChI is InChI=1S/C15H21N3O4/c19-11-13(12-4-2-1-3-5-12)17-15(21)16-10-14(20)18-6-8-22-9-7-18/h1-5,13,19H,6-11H2,(H2,16,17,21)/t13-/m1/s1. The van der Waals surface area contributed by atoms with Crippen molar-refractivity contribution in [2.75, 3.05) is 39.5 Å². The minimum Gasteiger partial charge on any atom is -0.394 e. The van der Waals surface area contributed by atoms with E-state index in [2.05, 4.69) is 10.6 Å². The number of morpholine rings is 1. The number of nitrogens with zero attached hydrogens (tertiary/aromatic N) is 1. The molecule has 3 N–H and O–H groups in total. The van der Waals surface area contributed by atoms with Gasteiger partial charge in [0.05, 0.1) is 32.4 Å². The van der Waals surface area contributed by atoms with Gasteiger partial charge >= 0.3 is 6.03 Å². The first-order valence-corrected chi connectivity index (χ1v) is 7.26. The van der Waals surface area contributed by atoms with Crippen LogP contribution in [0.2, 0.25) is 0 Å². The topological polar surface area (TPSA) is 90.9 Å². The van der Waals surface area contributed by atoms with Crippen LogP contribution >= 0.6 is 0 Å². The molecule has 0 bridgehead atoms. The zero-order valence-electron chi connectivity index (χ0n) is 12.3. The van der Waals surface area contributed by atoms with Crippen LogP contribution in [0.1, 0.15) is 11.6 Å². The Morgan fingerprint density at radius 3 is 2.55 bits per heavy atom. The minimum atomic E-state index is -0.500. The van der Waals surface area contributed by atoms with Crippen LogP contribution in [-0.4, -0.2) is 61.4 Å². The third-order valence-electron chi connectivity index (χ3n) is 3.45. The molecule has 22 heavy (non-hydrogen) atoms. The van der Waals surface area contributed by atoms with E-state index in [-0.39, 0.29) is 19.1 Å². The number of carbonyl (C=O) groups is 2. The lowest BCUT2D eigenvalue weighted by molar-refractivity contribution is -0.134. The van der Waals surface area contributed by atoms with E-state index in [1.807, 2.05) is 30.3 Å². The molecule has 0 unspecified atom stereocenters. The van der Waals surface area contributed by atoms with Gasteiger partial charge in [-0.15, -0.1) is 0 Å². The second-order valence-electron chi connectivity index (χ2n) is 4.97. The van der Waals surface area contributed by atoms with Crippen molar-refractivity contribution in [2.45, 2.75) is 6.04 Å². The smallest absolute Gasteiger partial charge is 0.315 e. The first kappa shape index (κ1) is 16.3. The maximum Gasteiger partial charge on any atom is 0.315 e. The number of hydrogen-bond acceptors (Lipinski definition) is 4. The maximum absolute atomic E-state index is 11.9. The number of rotatable bonds is 5. The van der Waals surface area contributed by atoms with Crippen molar-refractivity contribution in [3.05, 3.63) is 35.9 Å². The summed E-state index contributed by atoms with van der Waals surface area (Å²) in [6, 6.07) is 8.18. The molecule has 0 radical (unpaired) electrons. The number of ether oxygens (including phenoxy) is 1. The normalized spacial score (nSPS) is 16.0. The van der Waals surface area contributed by atoms with E-state index < -0.39 is 12.1 Å². The molecule has 7 heteroatoms. The summed E-state index contributed by atoms with van der Waals surface area (Å²) in [5, 5.41) is 14.5. The number of nitrogens with one attached hydrogen (secondary N) is 2. The predicted octanol–water partition coefficient (Wildman–Crippen LogP) is -0.122. The average molecular weight is 307 g/mol. The van der Waals surface area contributed by atoms with Crippen LogP contribution in [0.25, 0.3) is 0 Å². The first-order chi connectivity index (χ1) is 10.7. The van der Waals surface area contributed by atoms with Gasteiger partial charge in [-0.25, -0.2) is 4.79 Å². The van der Waals surface area contributed by atoms with E-state index in [0.29, 0.717) is 26.3 Å². The summed E-state index contributed by atoms with van der Waals surface area (Å²) in [4.78, 5) is 25.4. The van der Waals surface area contributed by atoms with Crippen molar-refractivity contribution in [3.63, 3.8) is 0 Å². The predicted molar refractivity (Wildman–Crippen MR) is 80.2 cm³/mol. The fourth-order valence-electron chi connectivity index (χ4n) is 2.21. The molecule has 120 valence electrons. The van der Waals surface area contributed by atoms with Crippen molar-refractivity contribution < 1.29 is 19.4 Å². The number of carbonyl (C=O) groups excluding carboxylic acids is 2. The van der Waals surface area contributed by atoms with Crippen LogP contribution in [0, 0.1) is 0 Å². The fraction of sp³-hybridized carbons (Fsp3) is 0.467. The van der Waals surface area contributed by atoms with Crippen LogP contribution in [0.3, 0.4) is 0 Å². The summed E-state index contributed by atoms with van der Waals surface area (Å²) in [6.45, 7) is 1.86. The number of aliphatic hydroxyl groups is 1. The van der Waals surface area contributed by atoms with E-state index in [1.165, 1.54) is 0 Å². The van der Waals surface area contributed by atoms with Crippen LogP contribution < -0.4 is 10.6 Å². The molecule has 1 atom stereocenters. The highest BCUT2D eigenvalue weighted by atomic mass is 16.5. The highest BCUT2D eigenvalue weighted by Gasteiger charge is 2.18. The number of amides is 3. The van der Waals surface area contributed by atoms with Crippen molar-refractivity contribution in [1.82, 2.24) is 15.5 Å². The molecule has 0 spiro atoms. The fourth-order valence-corrected chi connectivity index (χ4v) is 2.21. The number of aliphatic hydroxyl groups excluding tert-OH is 1. The summed E-state index contributed by atoms with van der Waals surface area (Å²) >= 11 is 0. The molecule has 0 saturated carbocycles. The molecule has 2 rings (SSSR count). The third kappa shape index (κ3) is 4.71. The van der Waals surface area contributed by atoms with E-state index in [1.54, 1.807) is 4.90 Å². The molecule has 1 aliphatic heterocycles. The molecule has 1 aromatic rings. The lowest BCUT2D eigenvalue weighted by Gasteiger charge is -2.27. The molecule has 0 aliphatic carbocycles. The van der Waals surface area contributed by atoms with Crippen LogP contribution in [0.5, 0.6) is 0 Å². The second kappa shape index (κ2) is 8.35. The summed E-state index contributed by atoms with van der Waals surface area (Å²) in [5.41, 5.74) is 0.805. The largest absolute Gasteiger partial charge is 0.394 e. The van der Waals surface area contributed by atoms with Crippen molar-refractivity contribution >= 4 is 11.9 Å². The number of urea groups is 1. The molecule has 3 amide bonds. The van der Waals surface area contributed by atoms with Gasteiger partial charge in [-0.1, -0.05) is 30.3 Å². The summed E-state index contributed by atoms with van der Waals surface area (Å²) < 4.78 is 5.17. The van der Waals surface area contributed by atoms with Gasteiger partial charge in [0.1, 0.15) is 0 Å². The van der Waals surface area contributed by atoms with Crippen LogP contribution in [0.15, 0.2) is 30.3 Å². The molecule has 7 nitrogen and oxygen atoms in total. The van der Waals surface area contributed by atoms with Gasteiger partial charge in [-0.05, 0) is 5.56 Å². The second-order valence-corrected chi connectivity index (χ2v) is 4.97. The Hall–Kier alpha value is -2.12. The van der Waals surface area contributed by atoms with Gasteiger partial charge in [0.25, 0.3) is 0 Å². The van der Waals surface area contributed by atoms with E-state index in [9.17, 15) is 14.7 Å². The van der Waals surface area contributed by atoms with E-state index in [4.69, 9.17) is 4.74 Å². The Balaban J connectivity index is 1.78. The monoisotopic (exact) mass is 307 g/mol. The van der Waals surface area contributed by atoms with Gasteiger partial charge in [0.15, 0.2) is 0 Å². The third-order valence-corrected chi connectivity index (χ3v) is 3.45. The number of benzene rings is 1. The Kier molecular flexibility index (Phi) is 6.17. The van der Waals surface area contributed by atoms with E-state index in [0.717, 1.165) is 5.56 Å². The van der Waals surface area contributed by atoms with Gasteiger partial charge in [-0.3, -0.25) is 4.79 Å². The quantitative estimate of drug-likeness (QED) is 0.707. The Bertz CT molecular complexity index is 489. The van der Waals surface area contributed by atoms with Crippen molar-refractivity contribution in [3.8, 4) is 0 Å². The van der Waals surface area contributed by atoms with E-state index >= 15 is 0 Å². The summed E-state index contributed by atoms with van der Waals surface area (Å²) in [5.74, 6) is -0.140. The van der Waals surface area contributed by atoms with Gasteiger partial charge in [0, 0.05) is 13.1 Å². The zero-order chi connectivity index (χ0) is 15.8. The average Bonchev–Trinajstić information content (AvgIpc) is 2.59. The Morgan fingerprint density at radius 1 is 1.23 bits per heavy atom. The molecule has 1 aliphatic rings. The summed E-state index contributed by atoms with van der Waals surface area (Å²) in [6.07, 6.45) is 0. The summed E-state index contributed by atoms with van der Waals surface area (Å²) in [7, 11) is 0. The molecule has 1 fully saturated rings. The van der Waals surface area contributed by atoms with Crippen molar-refractivity contribution in [1.29, 1.82) is 0 Å². The lowest BCUT2D eigenvalue weighted by atomic mass is 10.1. The molecular formula is C15H21N3O4. The molecule has 0 aromatic heterocycles. The van der Waals surface area contributed by atoms with Crippen LogP contribution in [-0.2, 0) is 9.53 Å².